The van der Waals surface area contributed by atoms with Crippen LogP contribution in [0.2, 0.25) is 0 Å². The van der Waals surface area contributed by atoms with E-state index in [1.54, 1.807) is 0 Å². The standard InChI is InChI=1S/C14H14O4/c1-8(15)18-13-4-2-3-9-5-12-10(6-11(9)13)7-17-14(12)16/h5-6,13H,2-4,7H2,1H3. The average Bonchev–Trinajstić information content (AvgIpc) is 2.68. The van der Waals surface area contributed by atoms with Gasteiger partial charge in [0.2, 0.25) is 0 Å². The van der Waals surface area contributed by atoms with Crippen LogP contribution in [-0.2, 0) is 27.3 Å². The summed E-state index contributed by atoms with van der Waals surface area (Å²) in [6.45, 7) is 1.75. The van der Waals surface area contributed by atoms with E-state index >= 15 is 0 Å². The molecule has 4 heteroatoms. The lowest BCUT2D eigenvalue weighted by atomic mass is 9.86. The molecule has 0 radical (unpaired) electrons. The summed E-state index contributed by atoms with van der Waals surface area (Å²) in [6, 6.07) is 3.86. The molecule has 4 nitrogen and oxygen atoms in total. The highest BCUT2D eigenvalue weighted by atomic mass is 16.5. The van der Waals surface area contributed by atoms with E-state index in [1.165, 1.54) is 6.92 Å². The Balaban J connectivity index is 2.02. The molecule has 0 amide bonds. The van der Waals surface area contributed by atoms with Crippen molar-refractivity contribution in [2.24, 2.45) is 0 Å². The summed E-state index contributed by atoms with van der Waals surface area (Å²) >= 11 is 0. The molecule has 2 aliphatic rings. The molecule has 1 aromatic carbocycles. The molecular weight excluding hydrogens is 232 g/mol. The second-order valence-corrected chi connectivity index (χ2v) is 4.77. The van der Waals surface area contributed by atoms with Crippen LogP contribution < -0.4 is 0 Å². The topological polar surface area (TPSA) is 52.6 Å². The highest BCUT2D eigenvalue weighted by Crippen LogP contribution is 2.36. The van der Waals surface area contributed by atoms with Crippen molar-refractivity contribution in [1.29, 1.82) is 0 Å². The number of aryl methyl sites for hydroxylation is 1. The number of ether oxygens (including phenoxy) is 2. The fraction of sp³-hybridized carbons (Fsp3) is 0.429. The van der Waals surface area contributed by atoms with Gasteiger partial charge in [0.05, 0.1) is 5.56 Å². The number of esters is 2. The molecule has 3 rings (SSSR count). The number of fused-ring (bicyclic) bond motifs is 2. The Kier molecular flexibility index (Phi) is 2.58. The molecule has 0 spiro atoms. The van der Waals surface area contributed by atoms with E-state index in [0.29, 0.717) is 12.2 Å². The van der Waals surface area contributed by atoms with Gasteiger partial charge in [-0.3, -0.25) is 4.79 Å². The molecule has 1 aliphatic carbocycles. The minimum Gasteiger partial charge on any atom is -0.458 e. The van der Waals surface area contributed by atoms with Crippen molar-refractivity contribution < 1.29 is 19.1 Å². The Morgan fingerprint density at radius 2 is 2.22 bits per heavy atom. The van der Waals surface area contributed by atoms with Crippen LogP contribution in [0.25, 0.3) is 0 Å². The summed E-state index contributed by atoms with van der Waals surface area (Å²) in [6.07, 6.45) is 2.57. The van der Waals surface area contributed by atoms with Gasteiger partial charge >= 0.3 is 11.9 Å². The van der Waals surface area contributed by atoms with Crippen molar-refractivity contribution in [1.82, 2.24) is 0 Å². The van der Waals surface area contributed by atoms with Crippen LogP contribution in [-0.4, -0.2) is 11.9 Å². The van der Waals surface area contributed by atoms with Gasteiger partial charge < -0.3 is 9.47 Å². The monoisotopic (exact) mass is 246 g/mol. The highest BCUT2D eigenvalue weighted by molar-refractivity contribution is 5.93. The van der Waals surface area contributed by atoms with Crippen LogP contribution in [0.5, 0.6) is 0 Å². The Morgan fingerprint density at radius 1 is 1.39 bits per heavy atom. The smallest absolute Gasteiger partial charge is 0.338 e. The Hall–Kier alpha value is -1.84. The van der Waals surface area contributed by atoms with Gasteiger partial charge in [-0.05, 0) is 42.5 Å². The maximum Gasteiger partial charge on any atom is 0.338 e. The largest absolute Gasteiger partial charge is 0.458 e. The predicted molar refractivity (Wildman–Crippen MR) is 63.0 cm³/mol. The second-order valence-electron chi connectivity index (χ2n) is 4.77. The summed E-state index contributed by atoms with van der Waals surface area (Å²) in [5.41, 5.74) is 3.70. The Bertz CT molecular complexity index is 533. The van der Waals surface area contributed by atoms with Crippen LogP contribution >= 0.6 is 0 Å². The number of benzene rings is 1. The number of hydrogen-bond donors (Lipinski definition) is 0. The first-order valence-electron chi connectivity index (χ1n) is 6.15. The fourth-order valence-electron chi connectivity index (χ4n) is 2.71. The summed E-state index contributed by atoms with van der Waals surface area (Å²) < 4.78 is 10.4. The van der Waals surface area contributed by atoms with Gasteiger partial charge in [-0.1, -0.05) is 0 Å². The van der Waals surface area contributed by atoms with Crippen LogP contribution in [0.15, 0.2) is 12.1 Å². The molecule has 1 atom stereocenters. The Labute approximate surface area is 105 Å². The van der Waals surface area contributed by atoms with E-state index in [4.69, 9.17) is 9.47 Å². The third kappa shape index (κ3) is 1.78. The zero-order valence-corrected chi connectivity index (χ0v) is 10.2. The molecule has 1 aliphatic heterocycles. The normalized spacial score (nSPS) is 20.9. The third-order valence-corrected chi connectivity index (χ3v) is 3.51. The van der Waals surface area contributed by atoms with Gasteiger partial charge in [-0.2, -0.15) is 0 Å². The molecule has 94 valence electrons. The van der Waals surface area contributed by atoms with E-state index in [9.17, 15) is 9.59 Å². The predicted octanol–water partition coefficient (Wildman–Crippen LogP) is 2.30. The van der Waals surface area contributed by atoms with Crippen LogP contribution in [0, 0.1) is 0 Å². The van der Waals surface area contributed by atoms with E-state index in [1.807, 2.05) is 12.1 Å². The van der Waals surface area contributed by atoms with E-state index in [-0.39, 0.29) is 18.0 Å². The van der Waals surface area contributed by atoms with Gasteiger partial charge in [-0.25, -0.2) is 4.79 Å². The van der Waals surface area contributed by atoms with Gasteiger partial charge in [-0.15, -0.1) is 0 Å². The first-order valence-corrected chi connectivity index (χ1v) is 6.15. The Morgan fingerprint density at radius 3 is 3.00 bits per heavy atom. The zero-order chi connectivity index (χ0) is 12.7. The number of rotatable bonds is 1. The summed E-state index contributed by atoms with van der Waals surface area (Å²) in [4.78, 5) is 22.6. The minimum atomic E-state index is -0.263. The molecule has 0 N–H and O–H groups in total. The minimum absolute atomic E-state index is 0.174. The van der Waals surface area contributed by atoms with E-state index < -0.39 is 0 Å². The van der Waals surface area contributed by atoms with Crippen molar-refractivity contribution in [2.45, 2.75) is 38.9 Å². The second kappa shape index (κ2) is 4.12. The van der Waals surface area contributed by atoms with Crippen molar-refractivity contribution in [3.63, 3.8) is 0 Å². The molecule has 18 heavy (non-hydrogen) atoms. The van der Waals surface area contributed by atoms with Crippen LogP contribution in [0.1, 0.15) is 52.9 Å². The lowest BCUT2D eigenvalue weighted by Gasteiger charge is -2.25. The maximum absolute atomic E-state index is 11.5. The summed E-state index contributed by atoms with van der Waals surface area (Å²) in [5.74, 6) is -0.511. The number of cyclic esters (lactones) is 1. The first kappa shape index (κ1) is 11.3. The third-order valence-electron chi connectivity index (χ3n) is 3.51. The fourth-order valence-corrected chi connectivity index (χ4v) is 2.71. The number of carbonyl (C=O) groups excluding carboxylic acids is 2. The zero-order valence-electron chi connectivity index (χ0n) is 10.2. The molecule has 0 saturated carbocycles. The van der Waals surface area contributed by atoms with Crippen molar-refractivity contribution in [2.75, 3.05) is 0 Å². The molecule has 0 bridgehead atoms. The van der Waals surface area contributed by atoms with Gasteiger partial charge in [0.1, 0.15) is 12.7 Å². The lowest BCUT2D eigenvalue weighted by Crippen LogP contribution is -2.16. The molecule has 1 unspecified atom stereocenters. The lowest BCUT2D eigenvalue weighted by molar-refractivity contribution is -0.147. The quantitative estimate of drug-likeness (QED) is 0.713. The number of carbonyl (C=O) groups is 2. The van der Waals surface area contributed by atoms with E-state index in [2.05, 4.69) is 0 Å². The SMILES string of the molecule is CC(=O)OC1CCCc2cc3c(cc21)COC3=O. The van der Waals surface area contributed by atoms with Crippen LogP contribution in [0.3, 0.4) is 0 Å². The van der Waals surface area contributed by atoms with Crippen LogP contribution in [0.4, 0.5) is 0 Å². The number of hydrogen-bond acceptors (Lipinski definition) is 4. The van der Waals surface area contributed by atoms with Crippen molar-refractivity contribution in [3.05, 3.63) is 34.4 Å². The molecule has 0 fully saturated rings. The van der Waals surface area contributed by atoms with Crippen molar-refractivity contribution >= 4 is 11.9 Å². The van der Waals surface area contributed by atoms with Gasteiger partial charge in [0.25, 0.3) is 0 Å². The van der Waals surface area contributed by atoms with Gasteiger partial charge in [0.15, 0.2) is 0 Å². The van der Waals surface area contributed by atoms with Crippen molar-refractivity contribution in [3.8, 4) is 0 Å². The van der Waals surface area contributed by atoms with E-state index in [0.717, 1.165) is 36.0 Å². The summed E-state index contributed by atoms with van der Waals surface area (Å²) in [7, 11) is 0. The molecule has 1 aromatic rings. The molecule has 0 aromatic heterocycles. The molecule has 0 saturated heterocycles. The molecular formula is C14H14O4. The molecule has 1 heterocycles. The summed E-state index contributed by atoms with van der Waals surface area (Å²) in [5, 5.41) is 0. The first-order chi connectivity index (χ1) is 8.65. The highest BCUT2D eigenvalue weighted by Gasteiger charge is 2.28. The maximum atomic E-state index is 11.5. The average molecular weight is 246 g/mol. The van der Waals surface area contributed by atoms with Gasteiger partial charge in [0, 0.05) is 12.5 Å².